The first-order valence-electron chi connectivity index (χ1n) is 8.63. The second-order valence-electron chi connectivity index (χ2n) is 6.66. The first kappa shape index (κ1) is 21.5. The van der Waals surface area contributed by atoms with Crippen LogP contribution in [0.4, 0.5) is 41.2 Å². The molecule has 1 N–H and O–H groups in total. The van der Waals surface area contributed by atoms with Crippen molar-refractivity contribution >= 4 is 29.3 Å². The number of carbonyl (C=O) groups is 2. The minimum Gasteiger partial charge on any atom is -0.461 e. The van der Waals surface area contributed by atoms with Gasteiger partial charge in [-0.1, -0.05) is 12.1 Å². The Balaban J connectivity index is 2.07. The minimum absolute atomic E-state index is 0.144. The van der Waals surface area contributed by atoms with Gasteiger partial charge < -0.3 is 4.42 Å². The average Bonchev–Trinajstić information content (AvgIpc) is 3.21. The number of carbonyl (C=O) groups excluding carboxylic acids is 2. The van der Waals surface area contributed by atoms with Crippen LogP contribution >= 0.6 is 0 Å². The number of hydrogen-bond acceptors (Lipinski definition) is 5. The number of para-hydroxylation sites is 1. The number of nitrogens with zero attached hydrogens (tertiary/aromatic N) is 3. The molecule has 2 aliphatic rings. The number of benzene rings is 1. The number of nitrogens with one attached hydrogen (secondary N) is 1. The standard InChI is InChI=1S/C18H9F7N4O3/c19-8-4-1-2-5-9(8)29-13-11(14(30)27-15(29)31)16(17(20,21)22,18(23,24)25)28-12(26-13)10-6-3-7-32-10/h1-7,11H,(H,27,30,31). The lowest BCUT2D eigenvalue weighted by atomic mass is 9.78. The molecule has 4 rings (SSSR count). The summed E-state index contributed by atoms with van der Waals surface area (Å²) >= 11 is 0. The number of amides is 3. The molecule has 1 saturated heterocycles. The van der Waals surface area contributed by atoms with Gasteiger partial charge in [-0.15, -0.1) is 0 Å². The van der Waals surface area contributed by atoms with Gasteiger partial charge in [-0.3, -0.25) is 10.1 Å². The summed E-state index contributed by atoms with van der Waals surface area (Å²) in [6.45, 7) is 0. The van der Waals surface area contributed by atoms with E-state index < -0.39 is 64.7 Å². The molecule has 3 heterocycles. The van der Waals surface area contributed by atoms with Crippen LogP contribution in [0.25, 0.3) is 0 Å². The average molecular weight is 462 g/mol. The van der Waals surface area contributed by atoms with Gasteiger partial charge >= 0.3 is 18.4 Å². The van der Waals surface area contributed by atoms with Crippen molar-refractivity contribution in [2.24, 2.45) is 15.9 Å². The van der Waals surface area contributed by atoms with Gasteiger partial charge in [-0.05, 0) is 24.3 Å². The number of amidine groups is 2. The molecular formula is C18H9F7N4O3. The summed E-state index contributed by atoms with van der Waals surface area (Å²) in [5.41, 5.74) is -5.76. The number of rotatable bonds is 2. The van der Waals surface area contributed by atoms with E-state index in [4.69, 9.17) is 4.42 Å². The molecular weight excluding hydrogens is 453 g/mol. The molecule has 0 bridgehead atoms. The van der Waals surface area contributed by atoms with E-state index in [9.17, 15) is 40.3 Å². The normalized spacial score (nSPS) is 21.0. The van der Waals surface area contributed by atoms with Crippen molar-refractivity contribution in [2.75, 3.05) is 4.90 Å². The maximum Gasteiger partial charge on any atom is 0.423 e. The third kappa shape index (κ3) is 2.97. The second kappa shape index (κ2) is 6.90. The molecule has 0 radical (unpaired) electrons. The highest BCUT2D eigenvalue weighted by molar-refractivity contribution is 6.33. The smallest absolute Gasteiger partial charge is 0.423 e. The first-order valence-corrected chi connectivity index (χ1v) is 8.63. The van der Waals surface area contributed by atoms with Gasteiger partial charge in [0.25, 0.3) is 5.54 Å². The van der Waals surface area contributed by atoms with Crippen LogP contribution in [0.1, 0.15) is 5.76 Å². The van der Waals surface area contributed by atoms with Crippen molar-refractivity contribution in [1.82, 2.24) is 5.32 Å². The largest absolute Gasteiger partial charge is 0.461 e. The summed E-state index contributed by atoms with van der Waals surface area (Å²) < 4.78 is 104. The quantitative estimate of drug-likeness (QED) is 0.689. The molecule has 0 spiro atoms. The van der Waals surface area contributed by atoms with E-state index in [2.05, 4.69) is 9.98 Å². The van der Waals surface area contributed by atoms with Crippen LogP contribution in [-0.2, 0) is 4.79 Å². The zero-order chi connectivity index (χ0) is 23.5. The molecule has 1 unspecified atom stereocenters. The molecule has 1 aromatic heterocycles. The van der Waals surface area contributed by atoms with Crippen LogP contribution in [0.3, 0.4) is 0 Å². The number of halogens is 7. The van der Waals surface area contributed by atoms with E-state index in [1.54, 1.807) is 0 Å². The van der Waals surface area contributed by atoms with Crippen molar-refractivity contribution < 1.29 is 44.7 Å². The third-order valence-electron chi connectivity index (χ3n) is 4.80. The van der Waals surface area contributed by atoms with E-state index in [0.717, 1.165) is 30.5 Å². The summed E-state index contributed by atoms with van der Waals surface area (Å²) in [4.78, 5) is 31.4. The Morgan fingerprint density at radius 1 is 1.00 bits per heavy atom. The zero-order valence-electron chi connectivity index (χ0n) is 15.3. The molecule has 7 nitrogen and oxygen atoms in total. The lowest BCUT2D eigenvalue weighted by Crippen LogP contribution is -2.73. The molecule has 1 aromatic carbocycles. The maximum absolute atomic E-state index is 14.4. The number of anilines is 1. The highest BCUT2D eigenvalue weighted by Gasteiger charge is 2.79. The number of furan rings is 1. The van der Waals surface area contributed by atoms with E-state index in [1.165, 1.54) is 17.4 Å². The summed E-state index contributed by atoms with van der Waals surface area (Å²) in [5.74, 6) is -9.37. The van der Waals surface area contributed by atoms with Crippen molar-refractivity contribution in [3.8, 4) is 0 Å². The Morgan fingerprint density at radius 3 is 2.22 bits per heavy atom. The van der Waals surface area contributed by atoms with Crippen molar-refractivity contribution in [3.05, 3.63) is 54.2 Å². The number of imide groups is 1. The second-order valence-corrected chi connectivity index (χ2v) is 6.66. The van der Waals surface area contributed by atoms with Gasteiger partial charge in [-0.2, -0.15) is 26.3 Å². The predicted molar refractivity (Wildman–Crippen MR) is 93.4 cm³/mol. The molecule has 168 valence electrons. The lowest BCUT2D eigenvalue weighted by Gasteiger charge is -2.45. The molecule has 0 aliphatic carbocycles. The molecule has 32 heavy (non-hydrogen) atoms. The van der Waals surface area contributed by atoms with Gasteiger partial charge in [0.1, 0.15) is 17.6 Å². The van der Waals surface area contributed by atoms with Gasteiger partial charge in [0.2, 0.25) is 5.91 Å². The highest BCUT2D eigenvalue weighted by Crippen LogP contribution is 2.53. The Hall–Kier alpha value is -3.71. The summed E-state index contributed by atoms with van der Waals surface area (Å²) in [7, 11) is 0. The SMILES string of the molecule is O=C1NC(=O)N(c2ccccc2F)C2=NC(c3ccco3)=NC(C(F)(F)F)(C(F)(F)F)C12. The zero-order valence-corrected chi connectivity index (χ0v) is 15.3. The molecule has 1 atom stereocenters. The van der Waals surface area contributed by atoms with Crippen molar-refractivity contribution in [2.45, 2.75) is 17.9 Å². The molecule has 1 fully saturated rings. The molecule has 2 aliphatic heterocycles. The Morgan fingerprint density at radius 2 is 1.66 bits per heavy atom. The number of hydrogen-bond donors (Lipinski definition) is 1. The van der Waals surface area contributed by atoms with E-state index in [1.807, 2.05) is 0 Å². The van der Waals surface area contributed by atoms with Crippen molar-refractivity contribution in [3.63, 3.8) is 0 Å². The van der Waals surface area contributed by atoms with Crippen LogP contribution in [0, 0.1) is 11.7 Å². The molecule has 14 heteroatoms. The minimum atomic E-state index is -6.17. The van der Waals surface area contributed by atoms with E-state index in [0.29, 0.717) is 0 Å². The fourth-order valence-electron chi connectivity index (χ4n) is 3.44. The Labute approximate surface area is 173 Å². The number of urea groups is 1. The van der Waals surface area contributed by atoms with E-state index >= 15 is 0 Å². The van der Waals surface area contributed by atoms with Gasteiger partial charge in [-0.25, -0.2) is 24.1 Å². The summed E-state index contributed by atoms with van der Waals surface area (Å²) in [6.07, 6.45) is -11.4. The lowest BCUT2D eigenvalue weighted by molar-refractivity contribution is -0.302. The number of fused-ring (bicyclic) bond motifs is 1. The first-order chi connectivity index (χ1) is 14.9. The van der Waals surface area contributed by atoms with Gasteiger partial charge in [0.15, 0.2) is 11.6 Å². The fraction of sp³-hybridized carbons (Fsp3) is 0.222. The molecule has 3 amide bonds. The van der Waals surface area contributed by atoms with Crippen LogP contribution in [0.5, 0.6) is 0 Å². The van der Waals surface area contributed by atoms with E-state index in [-0.39, 0.29) is 4.90 Å². The van der Waals surface area contributed by atoms with Gasteiger partial charge in [0, 0.05) is 0 Å². The van der Waals surface area contributed by atoms with Crippen LogP contribution in [0.2, 0.25) is 0 Å². The number of alkyl halides is 6. The number of aliphatic imine (C=N–C) groups is 2. The summed E-state index contributed by atoms with van der Waals surface area (Å²) in [5, 5.41) is 1.41. The topological polar surface area (TPSA) is 87.3 Å². The van der Waals surface area contributed by atoms with Crippen molar-refractivity contribution in [1.29, 1.82) is 0 Å². The van der Waals surface area contributed by atoms with Crippen LogP contribution in [0.15, 0.2) is 57.1 Å². The van der Waals surface area contributed by atoms with Crippen LogP contribution in [-0.4, -0.2) is 41.5 Å². The molecule has 0 saturated carbocycles. The maximum atomic E-state index is 14.4. The Bertz CT molecular complexity index is 1140. The Kier molecular flexibility index (Phi) is 4.64. The van der Waals surface area contributed by atoms with Crippen LogP contribution < -0.4 is 10.2 Å². The molecule has 2 aromatic rings. The fourth-order valence-corrected chi connectivity index (χ4v) is 3.44. The summed E-state index contributed by atoms with van der Waals surface area (Å²) in [6, 6.07) is 4.75. The van der Waals surface area contributed by atoms with Gasteiger partial charge in [0.05, 0.1) is 12.0 Å². The predicted octanol–water partition coefficient (Wildman–Crippen LogP) is 3.81. The third-order valence-corrected chi connectivity index (χ3v) is 4.80. The highest BCUT2D eigenvalue weighted by atomic mass is 19.4. The monoisotopic (exact) mass is 462 g/mol.